The predicted octanol–water partition coefficient (Wildman–Crippen LogP) is 1.92. The molecule has 74 valence electrons. The van der Waals surface area contributed by atoms with Crippen molar-refractivity contribution in [2.45, 2.75) is 29.4 Å². The van der Waals surface area contributed by atoms with Crippen LogP contribution < -0.4 is 0 Å². The first-order valence-electron chi connectivity index (χ1n) is 4.74. The lowest BCUT2D eigenvalue weighted by Crippen LogP contribution is -2.11. The van der Waals surface area contributed by atoms with Gasteiger partial charge in [0.05, 0.1) is 10.8 Å². The highest BCUT2D eigenvalue weighted by Crippen LogP contribution is 2.24. The quantitative estimate of drug-likeness (QED) is 0.744. The van der Waals surface area contributed by atoms with Crippen LogP contribution in [0, 0.1) is 0 Å². The molecule has 1 aliphatic carbocycles. The van der Waals surface area contributed by atoms with Gasteiger partial charge in [-0.25, -0.2) is 0 Å². The topological polar surface area (TPSA) is 34.1 Å². The van der Waals surface area contributed by atoms with E-state index in [1.54, 1.807) is 0 Å². The van der Waals surface area contributed by atoms with E-state index in [0.717, 1.165) is 11.3 Å². The van der Waals surface area contributed by atoms with E-state index in [1.165, 1.54) is 0 Å². The Bertz CT molecular complexity index is 359. The summed E-state index contributed by atoms with van der Waals surface area (Å²) in [5.74, 6) is 0.249. The number of hydrogen-bond donors (Lipinski definition) is 0. The van der Waals surface area contributed by atoms with Crippen LogP contribution in [0.1, 0.15) is 19.3 Å². The lowest BCUT2D eigenvalue weighted by molar-refractivity contribution is -0.117. The molecule has 0 aliphatic heterocycles. The highest BCUT2D eigenvalue weighted by atomic mass is 32.2. The van der Waals surface area contributed by atoms with Crippen molar-refractivity contribution in [1.29, 1.82) is 0 Å². The molecule has 0 bridgehead atoms. The van der Waals surface area contributed by atoms with Gasteiger partial charge in [0, 0.05) is 23.0 Å². The number of hydrogen-bond acceptors (Lipinski definition) is 2. The van der Waals surface area contributed by atoms with E-state index < -0.39 is 10.8 Å². The summed E-state index contributed by atoms with van der Waals surface area (Å²) in [5, 5.41) is 0.0462. The van der Waals surface area contributed by atoms with Gasteiger partial charge in [-0.1, -0.05) is 18.2 Å². The Balaban J connectivity index is 2.13. The molecular weight excluding hydrogens is 196 g/mol. The van der Waals surface area contributed by atoms with E-state index in [1.807, 2.05) is 30.3 Å². The Kier molecular flexibility index (Phi) is 2.77. The van der Waals surface area contributed by atoms with Crippen LogP contribution in [0.4, 0.5) is 0 Å². The van der Waals surface area contributed by atoms with Crippen molar-refractivity contribution in [2.24, 2.45) is 0 Å². The second-order valence-corrected chi connectivity index (χ2v) is 5.25. The molecule has 2 atom stereocenters. The number of ketones is 1. The summed E-state index contributed by atoms with van der Waals surface area (Å²) in [6, 6.07) is 9.38. The number of carbonyl (C=O) groups is 1. The Morgan fingerprint density at radius 3 is 2.50 bits per heavy atom. The van der Waals surface area contributed by atoms with E-state index in [0.29, 0.717) is 12.8 Å². The first kappa shape index (κ1) is 9.59. The summed E-state index contributed by atoms with van der Waals surface area (Å²) in [4.78, 5) is 11.9. The second kappa shape index (κ2) is 4.05. The number of Topliss-reactive ketones (excluding diaryl/α,β-unsaturated/α-hetero) is 1. The number of rotatable bonds is 2. The van der Waals surface area contributed by atoms with Crippen LogP contribution in [0.25, 0.3) is 0 Å². The number of benzene rings is 1. The van der Waals surface area contributed by atoms with E-state index in [4.69, 9.17) is 0 Å². The Morgan fingerprint density at radius 1 is 1.21 bits per heavy atom. The summed E-state index contributed by atoms with van der Waals surface area (Å²) >= 11 is 0. The summed E-state index contributed by atoms with van der Waals surface area (Å²) < 4.78 is 12.0. The van der Waals surface area contributed by atoms with Crippen LogP contribution in [-0.2, 0) is 15.6 Å². The fourth-order valence-electron chi connectivity index (χ4n) is 1.71. The average Bonchev–Trinajstić information content (AvgIpc) is 2.65. The molecule has 14 heavy (non-hydrogen) atoms. The largest absolute Gasteiger partial charge is 0.300 e. The van der Waals surface area contributed by atoms with Crippen LogP contribution >= 0.6 is 0 Å². The van der Waals surface area contributed by atoms with Crippen LogP contribution in [-0.4, -0.2) is 15.2 Å². The zero-order valence-corrected chi connectivity index (χ0v) is 8.63. The van der Waals surface area contributed by atoms with Crippen LogP contribution in [0.5, 0.6) is 0 Å². The molecule has 0 amide bonds. The molecule has 0 radical (unpaired) electrons. The van der Waals surface area contributed by atoms with E-state index >= 15 is 0 Å². The minimum Gasteiger partial charge on any atom is -0.300 e. The van der Waals surface area contributed by atoms with Gasteiger partial charge < -0.3 is 0 Å². The molecular formula is C11H12O2S. The molecule has 0 saturated heterocycles. The average molecular weight is 208 g/mol. The van der Waals surface area contributed by atoms with Gasteiger partial charge in [-0.05, 0) is 18.6 Å². The fourth-order valence-corrected chi connectivity index (χ4v) is 3.19. The van der Waals surface area contributed by atoms with Crippen molar-refractivity contribution in [3.63, 3.8) is 0 Å². The molecule has 0 heterocycles. The highest BCUT2D eigenvalue weighted by Gasteiger charge is 2.27. The molecule has 1 fully saturated rings. The summed E-state index contributed by atoms with van der Waals surface area (Å²) in [7, 11) is -1.00. The third-order valence-corrected chi connectivity index (χ3v) is 4.22. The third-order valence-electron chi connectivity index (χ3n) is 2.48. The minimum absolute atomic E-state index is 0.0462. The predicted molar refractivity (Wildman–Crippen MR) is 55.5 cm³/mol. The van der Waals surface area contributed by atoms with Crippen molar-refractivity contribution in [3.8, 4) is 0 Å². The zero-order valence-electron chi connectivity index (χ0n) is 7.81. The van der Waals surface area contributed by atoms with Crippen molar-refractivity contribution in [3.05, 3.63) is 30.3 Å². The van der Waals surface area contributed by atoms with Gasteiger partial charge in [-0.15, -0.1) is 0 Å². The van der Waals surface area contributed by atoms with Crippen LogP contribution in [0.2, 0.25) is 0 Å². The SMILES string of the molecule is O=C1CCC(S(=O)c2ccccc2)C1. The highest BCUT2D eigenvalue weighted by molar-refractivity contribution is 7.85. The molecule has 2 unspecified atom stereocenters. The van der Waals surface area contributed by atoms with E-state index in [-0.39, 0.29) is 11.0 Å². The van der Waals surface area contributed by atoms with Gasteiger partial charge in [0.15, 0.2) is 0 Å². The van der Waals surface area contributed by atoms with Crippen LogP contribution in [0.3, 0.4) is 0 Å². The zero-order chi connectivity index (χ0) is 9.97. The van der Waals surface area contributed by atoms with Crippen molar-refractivity contribution < 1.29 is 9.00 Å². The third kappa shape index (κ3) is 1.93. The first-order valence-corrected chi connectivity index (χ1v) is 5.96. The Hall–Kier alpha value is -0.960. The molecule has 3 heteroatoms. The van der Waals surface area contributed by atoms with Crippen molar-refractivity contribution >= 4 is 16.6 Å². The molecule has 1 saturated carbocycles. The van der Waals surface area contributed by atoms with Gasteiger partial charge in [-0.3, -0.25) is 9.00 Å². The van der Waals surface area contributed by atoms with Crippen molar-refractivity contribution in [1.82, 2.24) is 0 Å². The van der Waals surface area contributed by atoms with Gasteiger partial charge in [0.1, 0.15) is 5.78 Å². The standard InChI is InChI=1S/C11H12O2S/c12-9-6-7-11(8-9)14(13)10-4-2-1-3-5-10/h1-5,11H,6-8H2. The number of carbonyl (C=O) groups excluding carboxylic acids is 1. The van der Waals surface area contributed by atoms with Gasteiger partial charge in [-0.2, -0.15) is 0 Å². The second-order valence-electron chi connectivity index (χ2n) is 3.51. The van der Waals surface area contributed by atoms with Gasteiger partial charge in [0.2, 0.25) is 0 Å². The van der Waals surface area contributed by atoms with Gasteiger partial charge >= 0.3 is 0 Å². The normalized spacial score (nSPS) is 23.7. The summed E-state index contributed by atoms with van der Waals surface area (Å²) in [6.45, 7) is 0. The van der Waals surface area contributed by atoms with E-state index in [9.17, 15) is 9.00 Å². The Labute approximate surface area is 85.8 Å². The summed E-state index contributed by atoms with van der Waals surface area (Å²) in [5.41, 5.74) is 0. The van der Waals surface area contributed by atoms with Gasteiger partial charge in [0.25, 0.3) is 0 Å². The molecule has 0 N–H and O–H groups in total. The summed E-state index contributed by atoms with van der Waals surface area (Å²) in [6.07, 6.45) is 1.87. The monoisotopic (exact) mass is 208 g/mol. The Morgan fingerprint density at radius 2 is 1.93 bits per heavy atom. The molecule has 1 aromatic carbocycles. The smallest absolute Gasteiger partial charge is 0.134 e. The lowest BCUT2D eigenvalue weighted by Gasteiger charge is -2.07. The molecule has 2 rings (SSSR count). The first-order chi connectivity index (χ1) is 6.77. The molecule has 2 nitrogen and oxygen atoms in total. The fraction of sp³-hybridized carbons (Fsp3) is 0.364. The maximum atomic E-state index is 12.0. The molecule has 0 aromatic heterocycles. The molecule has 1 aromatic rings. The maximum absolute atomic E-state index is 12.0. The molecule has 1 aliphatic rings. The van der Waals surface area contributed by atoms with E-state index in [2.05, 4.69) is 0 Å². The molecule has 0 spiro atoms. The minimum atomic E-state index is -1.00. The lowest BCUT2D eigenvalue weighted by atomic mass is 10.4. The van der Waals surface area contributed by atoms with Crippen molar-refractivity contribution in [2.75, 3.05) is 0 Å². The maximum Gasteiger partial charge on any atom is 0.134 e. The van der Waals surface area contributed by atoms with Crippen LogP contribution in [0.15, 0.2) is 35.2 Å².